The Bertz CT molecular complexity index is 927. The molecule has 0 bridgehead atoms. The average Bonchev–Trinajstić information content (AvgIpc) is 2.68. The number of aromatic nitrogens is 2. The zero-order chi connectivity index (χ0) is 20.3. The number of fused-ring (bicyclic) bond motifs is 1. The molecule has 1 aromatic heterocycles. The number of nitrogens with zero attached hydrogens (tertiary/aromatic N) is 2. The van der Waals surface area contributed by atoms with E-state index >= 15 is 0 Å². The molecular formula is C21H27N3O4. The predicted molar refractivity (Wildman–Crippen MR) is 106 cm³/mol. The van der Waals surface area contributed by atoms with Gasteiger partial charge in [0.1, 0.15) is 0 Å². The van der Waals surface area contributed by atoms with E-state index in [9.17, 15) is 14.4 Å². The van der Waals surface area contributed by atoms with Crippen LogP contribution >= 0.6 is 0 Å². The zero-order valence-electron chi connectivity index (χ0n) is 16.6. The summed E-state index contributed by atoms with van der Waals surface area (Å²) in [5.74, 6) is -0.325. The van der Waals surface area contributed by atoms with Gasteiger partial charge in [-0.1, -0.05) is 25.1 Å². The molecule has 28 heavy (non-hydrogen) atoms. The van der Waals surface area contributed by atoms with Gasteiger partial charge >= 0.3 is 5.97 Å². The van der Waals surface area contributed by atoms with Crippen molar-refractivity contribution in [3.8, 4) is 0 Å². The lowest BCUT2D eigenvalue weighted by atomic mass is 9.87. The summed E-state index contributed by atoms with van der Waals surface area (Å²) in [4.78, 5) is 37.3. The van der Waals surface area contributed by atoms with Crippen LogP contribution in [0.1, 0.15) is 63.0 Å². The molecule has 0 radical (unpaired) electrons. The second-order valence-electron chi connectivity index (χ2n) is 7.84. The Morgan fingerprint density at radius 1 is 1.18 bits per heavy atom. The van der Waals surface area contributed by atoms with Crippen LogP contribution in [0.15, 0.2) is 29.1 Å². The lowest BCUT2D eigenvalue weighted by Crippen LogP contribution is -2.39. The number of hydrogen-bond donors (Lipinski definition) is 1. The molecule has 1 heterocycles. The van der Waals surface area contributed by atoms with E-state index in [4.69, 9.17) is 4.74 Å². The van der Waals surface area contributed by atoms with Crippen LogP contribution in [0, 0.1) is 5.92 Å². The number of carbonyl (C=O) groups is 2. The Labute approximate surface area is 164 Å². The van der Waals surface area contributed by atoms with E-state index in [2.05, 4.69) is 17.3 Å². The second kappa shape index (κ2) is 8.54. The fourth-order valence-electron chi connectivity index (χ4n) is 3.58. The van der Waals surface area contributed by atoms with Crippen LogP contribution in [-0.2, 0) is 9.53 Å². The molecule has 1 aliphatic rings. The molecule has 0 saturated heterocycles. The maximum Gasteiger partial charge on any atom is 0.359 e. The molecule has 7 heteroatoms. The fraction of sp³-hybridized carbons (Fsp3) is 0.524. The van der Waals surface area contributed by atoms with Gasteiger partial charge in [-0.05, 0) is 51.5 Å². The first kappa shape index (κ1) is 20.0. The summed E-state index contributed by atoms with van der Waals surface area (Å²) in [7, 11) is 0. The van der Waals surface area contributed by atoms with Crippen molar-refractivity contribution in [2.24, 2.45) is 5.92 Å². The lowest BCUT2D eigenvalue weighted by Gasteiger charge is -2.26. The highest BCUT2D eigenvalue weighted by atomic mass is 16.5. The number of benzene rings is 1. The maximum atomic E-state index is 12.6. The van der Waals surface area contributed by atoms with Crippen molar-refractivity contribution < 1.29 is 14.3 Å². The average molecular weight is 385 g/mol. The summed E-state index contributed by atoms with van der Waals surface area (Å²) in [6.07, 6.45) is 4.09. The van der Waals surface area contributed by atoms with Gasteiger partial charge in [0.2, 0.25) is 0 Å². The number of esters is 1. The van der Waals surface area contributed by atoms with Gasteiger partial charge in [0.25, 0.3) is 11.5 Å². The number of amides is 1. The molecule has 0 atom stereocenters. The molecule has 1 N–H and O–H groups in total. The minimum absolute atomic E-state index is 0.0446. The Balaban J connectivity index is 1.72. The van der Waals surface area contributed by atoms with Gasteiger partial charge in [0, 0.05) is 11.4 Å². The number of ether oxygens (including phenoxy) is 1. The monoisotopic (exact) mass is 385 g/mol. The largest absolute Gasteiger partial charge is 0.451 e. The van der Waals surface area contributed by atoms with Gasteiger partial charge in [-0.15, -0.1) is 0 Å². The first-order chi connectivity index (χ1) is 13.4. The van der Waals surface area contributed by atoms with Gasteiger partial charge < -0.3 is 10.1 Å². The van der Waals surface area contributed by atoms with Crippen LogP contribution in [0.3, 0.4) is 0 Å². The molecule has 0 spiro atoms. The van der Waals surface area contributed by atoms with Crippen molar-refractivity contribution in [1.82, 2.24) is 15.1 Å². The van der Waals surface area contributed by atoms with E-state index in [0.717, 1.165) is 25.7 Å². The van der Waals surface area contributed by atoms with Crippen molar-refractivity contribution >= 4 is 22.6 Å². The Hall–Kier alpha value is -2.70. The van der Waals surface area contributed by atoms with Gasteiger partial charge in [0.15, 0.2) is 12.3 Å². The highest BCUT2D eigenvalue weighted by Gasteiger charge is 2.22. The molecule has 1 aromatic carbocycles. The van der Waals surface area contributed by atoms with E-state index in [1.54, 1.807) is 24.3 Å². The quantitative estimate of drug-likeness (QED) is 0.800. The molecule has 0 aliphatic heterocycles. The van der Waals surface area contributed by atoms with Crippen LogP contribution in [0.4, 0.5) is 0 Å². The number of hydrogen-bond acceptors (Lipinski definition) is 5. The Morgan fingerprint density at radius 3 is 2.46 bits per heavy atom. The molecular weight excluding hydrogens is 358 g/mol. The van der Waals surface area contributed by atoms with Crippen LogP contribution in [-0.4, -0.2) is 34.3 Å². The summed E-state index contributed by atoms with van der Waals surface area (Å²) >= 11 is 0. The molecule has 7 nitrogen and oxygen atoms in total. The summed E-state index contributed by atoms with van der Waals surface area (Å²) in [6, 6.07) is 6.73. The van der Waals surface area contributed by atoms with Gasteiger partial charge in [-0.2, -0.15) is 5.10 Å². The maximum absolute atomic E-state index is 12.6. The van der Waals surface area contributed by atoms with E-state index in [1.807, 2.05) is 13.8 Å². The zero-order valence-corrected chi connectivity index (χ0v) is 16.6. The third kappa shape index (κ3) is 4.40. The van der Waals surface area contributed by atoms with Crippen molar-refractivity contribution in [2.45, 2.75) is 58.5 Å². The van der Waals surface area contributed by atoms with Crippen LogP contribution < -0.4 is 10.9 Å². The normalized spacial score (nSPS) is 19.6. The summed E-state index contributed by atoms with van der Waals surface area (Å²) in [5.41, 5.74) is -0.213. The molecule has 0 unspecified atom stereocenters. The third-order valence-corrected chi connectivity index (χ3v) is 5.23. The highest BCUT2D eigenvalue weighted by Crippen LogP contribution is 2.23. The first-order valence-corrected chi connectivity index (χ1v) is 9.85. The molecule has 1 saturated carbocycles. The summed E-state index contributed by atoms with van der Waals surface area (Å²) in [5, 5.41) is 7.96. The molecule has 3 rings (SSSR count). The van der Waals surface area contributed by atoms with Crippen LogP contribution in [0.2, 0.25) is 0 Å². The minimum atomic E-state index is -0.710. The molecule has 1 amide bonds. The smallest absolute Gasteiger partial charge is 0.359 e. The Morgan fingerprint density at radius 2 is 1.82 bits per heavy atom. The van der Waals surface area contributed by atoms with Crippen LogP contribution in [0.5, 0.6) is 0 Å². The molecule has 1 aliphatic carbocycles. The van der Waals surface area contributed by atoms with Crippen molar-refractivity contribution in [3.05, 3.63) is 40.3 Å². The number of rotatable bonds is 5. The third-order valence-electron chi connectivity index (χ3n) is 5.23. The first-order valence-electron chi connectivity index (χ1n) is 9.85. The van der Waals surface area contributed by atoms with Gasteiger partial charge in [-0.3, -0.25) is 9.59 Å². The summed E-state index contributed by atoms with van der Waals surface area (Å²) in [6.45, 7) is 5.49. The van der Waals surface area contributed by atoms with Crippen molar-refractivity contribution in [2.75, 3.05) is 6.61 Å². The molecule has 2 aromatic rings. The number of nitrogens with one attached hydrogen (secondary N) is 1. The second-order valence-corrected chi connectivity index (χ2v) is 7.84. The SMILES string of the molecule is CC1CCC(NC(=O)COC(=O)c2nn(C(C)C)c(=O)c3ccccc23)CC1. The van der Waals surface area contributed by atoms with E-state index in [1.165, 1.54) is 4.68 Å². The predicted octanol–water partition coefficient (Wildman–Crippen LogP) is 2.83. The summed E-state index contributed by atoms with van der Waals surface area (Å²) < 4.78 is 6.47. The van der Waals surface area contributed by atoms with Crippen molar-refractivity contribution in [1.29, 1.82) is 0 Å². The van der Waals surface area contributed by atoms with Gasteiger partial charge in [0.05, 0.1) is 11.4 Å². The highest BCUT2D eigenvalue weighted by molar-refractivity contribution is 6.02. The van der Waals surface area contributed by atoms with E-state index in [0.29, 0.717) is 16.7 Å². The Kier molecular flexibility index (Phi) is 6.11. The topological polar surface area (TPSA) is 90.3 Å². The minimum Gasteiger partial charge on any atom is -0.451 e. The van der Waals surface area contributed by atoms with E-state index < -0.39 is 5.97 Å². The standard InChI is InChI=1S/C21H27N3O4/c1-13(2)24-20(26)17-7-5-4-6-16(17)19(23-24)21(27)28-12-18(25)22-15-10-8-14(3)9-11-15/h4-7,13-15H,8-12H2,1-3H3,(H,22,25). The molecule has 150 valence electrons. The van der Waals surface area contributed by atoms with Crippen LogP contribution in [0.25, 0.3) is 10.8 Å². The van der Waals surface area contributed by atoms with Gasteiger partial charge in [-0.25, -0.2) is 9.48 Å². The number of carbonyl (C=O) groups excluding carboxylic acids is 2. The lowest BCUT2D eigenvalue weighted by molar-refractivity contribution is -0.125. The fourth-order valence-corrected chi connectivity index (χ4v) is 3.58. The molecule has 1 fully saturated rings. The van der Waals surface area contributed by atoms with Crippen molar-refractivity contribution in [3.63, 3.8) is 0 Å². The van der Waals surface area contributed by atoms with E-state index in [-0.39, 0.29) is 35.9 Å².